The Morgan fingerprint density at radius 2 is 2.10 bits per heavy atom. The largest absolute Gasteiger partial charge is 0.396 e. The number of anilines is 1. The number of nitrogens with zero attached hydrogens (tertiary/aromatic N) is 2. The van der Waals surface area contributed by atoms with Crippen molar-refractivity contribution in [3.63, 3.8) is 0 Å². The van der Waals surface area contributed by atoms with Crippen LogP contribution in [-0.2, 0) is 4.74 Å². The van der Waals surface area contributed by atoms with Crippen LogP contribution in [0.4, 0.5) is 5.69 Å². The lowest BCUT2D eigenvalue weighted by Crippen LogP contribution is -2.27. The second-order valence-corrected chi connectivity index (χ2v) is 5.64. The molecule has 2 heterocycles. The maximum Gasteiger partial charge on any atom is 0.0799 e. The Bertz CT molecular complexity index is 581. The topological polar surface area (TPSA) is 88.1 Å². The third kappa shape index (κ3) is 3.56. The fourth-order valence-corrected chi connectivity index (χ4v) is 3.07. The van der Waals surface area contributed by atoms with Gasteiger partial charge in [-0.1, -0.05) is 23.7 Å². The molecule has 0 aliphatic carbocycles. The molecule has 1 atom stereocenters. The number of nitrogens with two attached hydrogens (primary N) is 1. The molecule has 1 saturated heterocycles. The third-order valence-electron chi connectivity index (χ3n) is 3.81. The number of nitrogen functional groups attached to an aromatic ring is 1. The number of halogens is 1. The molecule has 1 aromatic heterocycles. The molecular formula is C15H21ClN4O. The Labute approximate surface area is 129 Å². The van der Waals surface area contributed by atoms with E-state index in [2.05, 4.69) is 11.2 Å². The van der Waals surface area contributed by atoms with Crippen molar-refractivity contribution in [1.82, 2.24) is 15.9 Å². The van der Waals surface area contributed by atoms with Crippen LogP contribution in [0, 0.1) is 5.92 Å². The molecule has 0 radical (unpaired) electrons. The van der Waals surface area contributed by atoms with Crippen LogP contribution in [0.25, 0.3) is 0 Å². The number of hydrogen-bond acceptors (Lipinski definition) is 4. The van der Waals surface area contributed by atoms with Crippen LogP contribution in [0.2, 0.25) is 5.02 Å². The van der Waals surface area contributed by atoms with Crippen molar-refractivity contribution >= 4 is 17.3 Å². The fraction of sp³-hybridized carbons (Fsp3) is 0.400. The average molecular weight is 309 g/mol. The highest BCUT2D eigenvalue weighted by Gasteiger charge is 2.27. The first-order valence-corrected chi connectivity index (χ1v) is 7.24. The van der Waals surface area contributed by atoms with Gasteiger partial charge in [0.2, 0.25) is 0 Å². The molecule has 1 fully saturated rings. The van der Waals surface area contributed by atoms with E-state index in [-0.39, 0.29) is 12.2 Å². The predicted octanol–water partition coefficient (Wildman–Crippen LogP) is 3.30. The Morgan fingerprint density at radius 3 is 2.71 bits per heavy atom. The molecular weight excluding hydrogens is 288 g/mol. The predicted molar refractivity (Wildman–Crippen MR) is 84.8 cm³/mol. The van der Waals surface area contributed by atoms with Crippen LogP contribution in [0.5, 0.6) is 0 Å². The molecule has 1 unspecified atom stereocenters. The van der Waals surface area contributed by atoms with Gasteiger partial charge in [0.05, 0.1) is 17.9 Å². The highest BCUT2D eigenvalue weighted by molar-refractivity contribution is 6.30. The summed E-state index contributed by atoms with van der Waals surface area (Å²) in [4.78, 5) is 0. The van der Waals surface area contributed by atoms with Crippen LogP contribution in [0.1, 0.15) is 24.4 Å². The van der Waals surface area contributed by atoms with Gasteiger partial charge in [-0.25, -0.2) is 0 Å². The minimum atomic E-state index is 0. The van der Waals surface area contributed by atoms with E-state index in [9.17, 15) is 0 Å². The second kappa shape index (κ2) is 6.93. The number of benzene rings is 1. The van der Waals surface area contributed by atoms with Crippen LogP contribution in [0.3, 0.4) is 0 Å². The van der Waals surface area contributed by atoms with Crippen molar-refractivity contribution in [1.29, 1.82) is 0 Å². The van der Waals surface area contributed by atoms with Crippen LogP contribution >= 0.6 is 11.6 Å². The van der Waals surface area contributed by atoms with Gasteiger partial charge in [-0.05, 0) is 36.5 Å². The van der Waals surface area contributed by atoms with E-state index in [0.717, 1.165) is 31.1 Å². The zero-order valence-corrected chi connectivity index (χ0v) is 12.7. The normalized spacial score (nSPS) is 17.2. The van der Waals surface area contributed by atoms with E-state index >= 15 is 0 Å². The summed E-state index contributed by atoms with van der Waals surface area (Å²) in [6.07, 6.45) is 5.63. The molecule has 5 N–H and O–H groups in total. The molecule has 5 nitrogen and oxygen atoms in total. The average Bonchev–Trinajstić information content (AvgIpc) is 2.87. The summed E-state index contributed by atoms with van der Waals surface area (Å²) in [5.41, 5.74) is 7.68. The molecule has 0 bridgehead atoms. The van der Waals surface area contributed by atoms with E-state index < -0.39 is 0 Å². The minimum absolute atomic E-state index is 0. The number of aromatic nitrogens is 2. The minimum Gasteiger partial charge on any atom is -0.396 e. The summed E-state index contributed by atoms with van der Waals surface area (Å²) >= 11 is 6.14. The van der Waals surface area contributed by atoms with Crippen LogP contribution in [-0.4, -0.2) is 23.0 Å². The molecule has 3 rings (SSSR count). The zero-order chi connectivity index (χ0) is 13.9. The van der Waals surface area contributed by atoms with Gasteiger partial charge in [-0.2, -0.15) is 5.10 Å². The lowest BCUT2D eigenvalue weighted by atomic mass is 9.87. The first-order valence-electron chi connectivity index (χ1n) is 6.87. The van der Waals surface area contributed by atoms with E-state index in [1.807, 2.05) is 29.1 Å². The van der Waals surface area contributed by atoms with Crippen molar-refractivity contribution < 1.29 is 4.74 Å². The van der Waals surface area contributed by atoms with Gasteiger partial charge in [-0.3, -0.25) is 4.68 Å². The maximum atomic E-state index is 6.14. The zero-order valence-electron chi connectivity index (χ0n) is 11.9. The molecule has 21 heavy (non-hydrogen) atoms. The number of hydrogen-bond donors (Lipinski definition) is 2. The summed E-state index contributed by atoms with van der Waals surface area (Å²) in [5, 5.41) is 5.15. The molecule has 6 heteroatoms. The Balaban J connectivity index is 0.00000161. The second-order valence-electron chi connectivity index (χ2n) is 5.20. The lowest BCUT2D eigenvalue weighted by Gasteiger charge is -2.31. The van der Waals surface area contributed by atoms with Crippen LogP contribution < -0.4 is 11.9 Å². The van der Waals surface area contributed by atoms with Gasteiger partial charge in [0, 0.05) is 24.4 Å². The van der Waals surface area contributed by atoms with Gasteiger partial charge in [0.1, 0.15) is 0 Å². The Hall–Kier alpha value is -1.56. The molecule has 1 aromatic carbocycles. The van der Waals surface area contributed by atoms with Crippen molar-refractivity contribution in [3.8, 4) is 0 Å². The monoisotopic (exact) mass is 308 g/mol. The number of ether oxygens (including phenoxy) is 1. The highest BCUT2D eigenvalue weighted by Crippen LogP contribution is 2.34. The van der Waals surface area contributed by atoms with Gasteiger partial charge in [-0.15, -0.1) is 0 Å². The van der Waals surface area contributed by atoms with Gasteiger partial charge < -0.3 is 16.6 Å². The van der Waals surface area contributed by atoms with Crippen molar-refractivity contribution in [2.75, 3.05) is 18.9 Å². The smallest absolute Gasteiger partial charge is 0.0799 e. The lowest BCUT2D eigenvalue weighted by molar-refractivity contribution is 0.0527. The van der Waals surface area contributed by atoms with Gasteiger partial charge in [0.25, 0.3) is 0 Å². The summed E-state index contributed by atoms with van der Waals surface area (Å²) in [7, 11) is 0. The Morgan fingerprint density at radius 1 is 1.33 bits per heavy atom. The maximum absolute atomic E-state index is 6.14. The molecule has 1 aliphatic rings. The quantitative estimate of drug-likeness (QED) is 0.910. The van der Waals surface area contributed by atoms with Crippen molar-refractivity contribution in [3.05, 3.63) is 47.2 Å². The van der Waals surface area contributed by atoms with E-state index in [1.54, 1.807) is 6.20 Å². The van der Waals surface area contributed by atoms with Crippen LogP contribution in [0.15, 0.2) is 36.7 Å². The SMILES string of the molecule is N.Nc1cnn(C(c2cccc(Cl)c2)C2CCOCC2)c1. The molecule has 114 valence electrons. The van der Waals surface area contributed by atoms with Gasteiger partial charge in [0.15, 0.2) is 0 Å². The Kier molecular flexibility index (Phi) is 5.22. The van der Waals surface area contributed by atoms with E-state index in [0.29, 0.717) is 11.6 Å². The molecule has 0 spiro atoms. The molecule has 2 aromatic rings. The number of rotatable bonds is 3. The first kappa shape index (κ1) is 15.8. The standard InChI is InChI=1S/C15H18ClN3O.H3N/c16-13-3-1-2-12(8-13)15(11-4-6-20-7-5-11)19-10-14(17)9-18-19;/h1-3,8-11,15H,4-7,17H2;1H3. The highest BCUT2D eigenvalue weighted by atomic mass is 35.5. The summed E-state index contributed by atoms with van der Waals surface area (Å²) in [5.74, 6) is 0.488. The molecule has 0 amide bonds. The van der Waals surface area contributed by atoms with Crippen molar-refractivity contribution in [2.45, 2.75) is 18.9 Å². The first-order chi connectivity index (χ1) is 9.74. The third-order valence-corrected chi connectivity index (χ3v) is 4.04. The fourth-order valence-electron chi connectivity index (χ4n) is 2.87. The van der Waals surface area contributed by atoms with Crippen molar-refractivity contribution in [2.24, 2.45) is 5.92 Å². The molecule has 1 aliphatic heterocycles. The van der Waals surface area contributed by atoms with E-state index in [4.69, 9.17) is 22.1 Å². The summed E-state index contributed by atoms with van der Waals surface area (Å²) in [6.45, 7) is 1.61. The van der Waals surface area contributed by atoms with E-state index in [1.165, 1.54) is 5.56 Å². The summed E-state index contributed by atoms with van der Waals surface area (Å²) < 4.78 is 7.43. The summed E-state index contributed by atoms with van der Waals surface area (Å²) in [6, 6.07) is 8.15. The molecule has 0 saturated carbocycles. The van der Waals surface area contributed by atoms with Gasteiger partial charge >= 0.3 is 0 Å².